The highest BCUT2D eigenvalue weighted by Gasteiger charge is 2.21. The molecule has 2 aromatic carbocycles. The van der Waals surface area contributed by atoms with Gasteiger partial charge in [-0.1, -0.05) is 35.9 Å². The number of nitrogens with one attached hydrogen (secondary N) is 1. The number of thiazole rings is 1. The van der Waals surface area contributed by atoms with Gasteiger partial charge >= 0.3 is 0 Å². The van der Waals surface area contributed by atoms with Gasteiger partial charge in [-0.25, -0.2) is 4.98 Å². The zero-order chi connectivity index (χ0) is 20.2. The Morgan fingerprint density at radius 2 is 2.10 bits per heavy atom. The van der Waals surface area contributed by atoms with Gasteiger partial charge in [0.2, 0.25) is 5.91 Å². The molecule has 0 unspecified atom stereocenters. The molecule has 1 N–H and O–H groups in total. The normalized spacial score (nSPS) is 13.6. The molecule has 148 valence electrons. The van der Waals surface area contributed by atoms with Crippen molar-refractivity contribution >= 4 is 45.6 Å². The van der Waals surface area contributed by atoms with Gasteiger partial charge in [0.15, 0.2) is 11.7 Å². The zero-order valence-electron chi connectivity index (χ0n) is 15.4. The van der Waals surface area contributed by atoms with E-state index in [-0.39, 0.29) is 18.4 Å². The third kappa shape index (κ3) is 4.58. The highest BCUT2D eigenvalue weighted by Crippen LogP contribution is 2.30. The molecule has 0 saturated carbocycles. The lowest BCUT2D eigenvalue weighted by atomic mass is 10.2. The molecule has 0 radical (unpaired) electrons. The van der Waals surface area contributed by atoms with Crippen LogP contribution in [-0.2, 0) is 9.59 Å². The molecule has 6 nitrogen and oxygen atoms in total. The average Bonchev–Trinajstić information content (AvgIpc) is 3.36. The lowest BCUT2D eigenvalue weighted by Crippen LogP contribution is -2.24. The molecule has 3 aromatic rings. The van der Waals surface area contributed by atoms with Crippen LogP contribution in [0.2, 0.25) is 5.02 Å². The Morgan fingerprint density at radius 3 is 2.90 bits per heavy atom. The van der Waals surface area contributed by atoms with E-state index in [9.17, 15) is 9.59 Å². The number of anilines is 2. The first kappa shape index (κ1) is 19.4. The Kier molecular flexibility index (Phi) is 5.78. The molecule has 29 heavy (non-hydrogen) atoms. The van der Waals surface area contributed by atoms with E-state index >= 15 is 0 Å². The number of halogens is 1. The summed E-state index contributed by atoms with van der Waals surface area (Å²) in [6.07, 6.45) is 1.42. The van der Waals surface area contributed by atoms with Crippen LogP contribution in [0.1, 0.15) is 12.8 Å². The molecular weight excluding hydrogens is 410 g/mol. The quantitative estimate of drug-likeness (QED) is 0.623. The minimum Gasteiger partial charge on any atom is -0.484 e. The van der Waals surface area contributed by atoms with Crippen molar-refractivity contribution in [2.75, 3.05) is 23.4 Å². The number of hydrogen-bond acceptors (Lipinski definition) is 5. The fraction of sp³-hybridized carbons (Fsp3) is 0.190. The molecule has 0 atom stereocenters. The maximum Gasteiger partial charge on any atom is 0.264 e. The summed E-state index contributed by atoms with van der Waals surface area (Å²) in [5, 5.41) is 5.66. The van der Waals surface area contributed by atoms with Crippen molar-refractivity contribution in [3.05, 3.63) is 58.9 Å². The highest BCUT2D eigenvalue weighted by molar-refractivity contribution is 7.14. The van der Waals surface area contributed by atoms with Crippen LogP contribution in [0.15, 0.2) is 53.9 Å². The SMILES string of the molecule is O=C(COc1cccc(N2CCCC2=O)c1)Nc1nc(-c2ccccc2Cl)cs1. The van der Waals surface area contributed by atoms with Gasteiger partial charge in [0.05, 0.1) is 5.69 Å². The second-order valence-corrected chi connectivity index (χ2v) is 7.77. The van der Waals surface area contributed by atoms with Crippen molar-refractivity contribution in [2.24, 2.45) is 0 Å². The second-order valence-electron chi connectivity index (χ2n) is 6.50. The lowest BCUT2D eigenvalue weighted by molar-refractivity contribution is -0.118. The molecule has 1 saturated heterocycles. The number of aromatic nitrogens is 1. The molecule has 0 aliphatic carbocycles. The minimum absolute atomic E-state index is 0.109. The van der Waals surface area contributed by atoms with Crippen LogP contribution in [0.5, 0.6) is 5.75 Å². The Morgan fingerprint density at radius 1 is 1.24 bits per heavy atom. The van der Waals surface area contributed by atoms with Gasteiger partial charge in [0.25, 0.3) is 5.91 Å². The topological polar surface area (TPSA) is 71.5 Å². The van der Waals surface area contributed by atoms with E-state index in [0.717, 1.165) is 17.7 Å². The summed E-state index contributed by atoms with van der Waals surface area (Å²) < 4.78 is 5.59. The molecule has 0 spiro atoms. The van der Waals surface area contributed by atoms with Crippen LogP contribution in [-0.4, -0.2) is 29.9 Å². The summed E-state index contributed by atoms with van der Waals surface area (Å²) in [6, 6.07) is 14.6. The van der Waals surface area contributed by atoms with E-state index < -0.39 is 0 Å². The Labute approximate surface area is 177 Å². The van der Waals surface area contributed by atoms with Crippen LogP contribution in [0.3, 0.4) is 0 Å². The van der Waals surface area contributed by atoms with Crippen molar-refractivity contribution < 1.29 is 14.3 Å². The monoisotopic (exact) mass is 427 g/mol. The summed E-state index contributed by atoms with van der Waals surface area (Å²) in [4.78, 5) is 30.3. The first-order valence-electron chi connectivity index (χ1n) is 9.14. The Bertz CT molecular complexity index is 1050. The summed E-state index contributed by atoms with van der Waals surface area (Å²) in [7, 11) is 0. The zero-order valence-corrected chi connectivity index (χ0v) is 17.0. The summed E-state index contributed by atoms with van der Waals surface area (Å²) in [5.41, 5.74) is 2.31. The number of rotatable bonds is 6. The van der Waals surface area contributed by atoms with Gasteiger partial charge in [-0.05, 0) is 24.6 Å². The molecule has 4 rings (SSSR count). The van der Waals surface area contributed by atoms with E-state index in [0.29, 0.717) is 34.6 Å². The third-order valence-corrected chi connectivity index (χ3v) is 5.56. The number of carbonyl (C=O) groups is 2. The smallest absolute Gasteiger partial charge is 0.264 e. The Balaban J connectivity index is 1.35. The van der Waals surface area contributed by atoms with E-state index in [4.69, 9.17) is 16.3 Å². The summed E-state index contributed by atoms with van der Waals surface area (Å²) >= 11 is 7.51. The van der Waals surface area contributed by atoms with Crippen molar-refractivity contribution in [3.8, 4) is 17.0 Å². The molecule has 1 aliphatic rings. The summed E-state index contributed by atoms with van der Waals surface area (Å²) in [6.45, 7) is 0.555. The molecule has 1 fully saturated rings. The van der Waals surface area contributed by atoms with E-state index in [1.165, 1.54) is 11.3 Å². The number of nitrogens with zero attached hydrogens (tertiary/aromatic N) is 2. The first-order valence-corrected chi connectivity index (χ1v) is 10.4. The third-order valence-electron chi connectivity index (χ3n) is 4.47. The van der Waals surface area contributed by atoms with Gasteiger partial charge in [-0.15, -0.1) is 11.3 Å². The predicted octanol–water partition coefficient (Wildman–Crippen LogP) is 4.61. The fourth-order valence-corrected chi connectivity index (χ4v) is 4.05. The lowest BCUT2D eigenvalue weighted by Gasteiger charge is -2.16. The van der Waals surface area contributed by atoms with Crippen LogP contribution >= 0.6 is 22.9 Å². The van der Waals surface area contributed by atoms with Crippen LogP contribution in [0, 0.1) is 0 Å². The standard InChI is InChI=1S/C21H18ClN3O3S/c22-17-8-2-1-7-16(17)18-13-29-21(23-18)24-19(26)12-28-15-6-3-5-14(11-15)25-10-4-9-20(25)27/h1-3,5-8,11,13H,4,9-10,12H2,(H,23,24,26). The molecule has 0 bridgehead atoms. The van der Waals surface area contributed by atoms with Crippen LogP contribution in [0.25, 0.3) is 11.3 Å². The number of benzene rings is 2. The van der Waals surface area contributed by atoms with Crippen molar-refractivity contribution in [3.63, 3.8) is 0 Å². The molecule has 2 heterocycles. The molecule has 1 aromatic heterocycles. The van der Waals surface area contributed by atoms with Gasteiger partial charge in [-0.2, -0.15) is 0 Å². The van der Waals surface area contributed by atoms with E-state index in [1.54, 1.807) is 23.1 Å². The van der Waals surface area contributed by atoms with E-state index in [1.807, 2.05) is 35.7 Å². The molecule has 1 aliphatic heterocycles. The molecular formula is C21H18ClN3O3S. The van der Waals surface area contributed by atoms with Gasteiger partial charge in [0.1, 0.15) is 5.75 Å². The predicted molar refractivity (Wildman–Crippen MR) is 115 cm³/mol. The number of amides is 2. The number of hydrogen-bond donors (Lipinski definition) is 1. The minimum atomic E-state index is -0.312. The van der Waals surface area contributed by atoms with Crippen LogP contribution < -0.4 is 15.0 Å². The Hall–Kier alpha value is -2.90. The maximum absolute atomic E-state index is 12.2. The van der Waals surface area contributed by atoms with Gasteiger partial charge in [-0.3, -0.25) is 14.9 Å². The van der Waals surface area contributed by atoms with E-state index in [2.05, 4.69) is 10.3 Å². The fourth-order valence-electron chi connectivity index (χ4n) is 3.09. The average molecular weight is 428 g/mol. The molecule has 2 amide bonds. The van der Waals surface area contributed by atoms with Gasteiger partial charge in [0, 0.05) is 40.7 Å². The van der Waals surface area contributed by atoms with Crippen molar-refractivity contribution in [2.45, 2.75) is 12.8 Å². The second kappa shape index (κ2) is 8.63. The largest absolute Gasteiger partial charge is 0.484 e. The van der Waals surface area contributed by atoms with Crippen LogP contribution in [0.4, 0.5) is 10.8 Å². The maximum atomic E-state index is 12.2. The van der Waals surface area contributed by atoms with Crippen molar-refractivity contribution in [1.82, 2.24) is 4.98 Å². The van der Waals surface area contributed by atoms with Gasteiger partial charge < -0.3 is 9.64 Å². The highest BCUT2D eigenvalue weighted by atomic mass is 35.5. The molecule has 8 heteroatoms. The van der Waals surface area contributed by atoms with Crippen molar-refractivity contribution in [1.29, 1.82) is 0 Å². The summed E-state index contributed by atoms with van der Waals surface area (Å²) in [5.74, 6) is 0.332. The number of ether oxygens (including phenoxy) is 1. The first-order chi connectivity index (χ1) is 14.1. The number of carbonyl (C=O) groups excluding carboxylic acids is 2.